The third-order valence-corrected chi connectivity index (χ3v) is 3.62. The fourth-order valence-electron chi connectivity index (χ4n) is 2.23. The van der Waals surface area contributed by atoms with Crippen molar-refractivity contribution in [2.75, 3.05) is 30.9 Å². The molecule has 7 heteroatoms. The maximum Gasteiger partial charge on any atom is 0.286 e. The molecule has 1 heterocycles. The van der Waals surface area contributed by atoms with Crippen molar-refractivity contribution in [3.8, 4) is 0 Å². The van der Waals surface area contributed by atoms with E-state index in [0.29, 0.717) is 23.7 Å². The Bertz CT molecular complexity index is 699. The van der Waals surface area contributed by atoms with Crippen LogP contribution < -0.4 is 15.5 Å². The molecule has 0 saturated carbocycles. The number of halogens is 1. The van der Waals surface area contributed by atoms with Crippen molar-refractivity contribution in [2.45, 2.75) is 12.8 Å². The number of hydrogen-bond donors (Lipinski definition) is 2. The maximum atomic E-state index is 12.1. The lowest BCUT2D eigenvalue weighted by Crippen LogP contribution is -2.25. The highest BCUT2D eigenvalue weighted by atomic mass is 35.5. The Labute approximate surface area is 145 Å². The molecule has 0 bridgehead atoms. The summed E-state index contributed by atoms with van der Waals surface area (Å²) in [6, 6.07) is 8.60. The number of para-hydroxylation sites is 1. The zero-order valence-electron chi connectivity index (χ0n) is 13.6. The minimum Gasteiger partial charge on any atom is -0.459 e. The summed E-state index contributed by atoms with van der Waals surface area (Å²) in [7, 11) is 3.72. The molecule has 2 rings (SSSR count). The van der Waals surface area contributed by atoms with Gasteiger partial charge in [-0.3, -0.25) is 9.59 Å². The first-order chi connectivity index (χ1) is 11.5. The first-order valence-corrected chi connectivity index (χ1v) is 7.94. The van der Waals surface area contributed by atoms with Crippen molar-refractivity contribution < 1.29 is 14.0 Å². The van der Waals surface area contributed by atoms with E-state index in [4.69, 9.17) is 16.0 Å². The average molecular weight is 350 g/mol. The molecular weight excluding hydrogens is 330 g/mol. The number of rotatable bonds is 7. The van der Waals surface area contributed by atoms with Crippen LogP contribution >= 0.6 is 11.6 Å². The van der Waals surface area contributed by atoms with Crippen LogP contribution in [0.3, 0.4) is 0 Å². The van der Waals surface area contributed by atoms with E-state index in [9.17, 15) is 9.59 Å². The lowest BCUT2D eigenvalue weighted by Gasteiger charge is -2.19. The summed E-state index contributed by atoms with van der Waals surface area (Å²) in [4.78, 5) is 25.6. The van der Waals surface area contributed by atoms with Gasteiger partial charge in [0.25, 0.3) is 5.91 Å². The van der Waals surface area contributed by atoms with Crippen molar-refractivity contribution in [2.24, 2.45) is 0 Å². The largest absolute Gasteiger partial charge is 0.459 e. The van der Waals surface area contributed by atoms with Crippen molar-refractivity contribution in [3.05, 3.63) is 47.4 Å². The van der Waals surface area contributed by atoms with Crippen LogP contribution in [0, 0.1) is 0 Å². The van der Waals surface area contributed by atoms with Gasteiger partial charge < -0.3 is 20.0 Å². The zero-order valence-corrected chi connectivity index (χ0v) is 14.4. The van der Waals surface area contributed by atoms with Crippen LogP contribution in [0.2, 0.25) is 5.02 Å². The van der Waals surface area contributed by atoms with Gasteiger partial charge in [-0.1, -0.05) is 17.7 Å². The molecule has 1 aromatic carbocycles. The van der Waals surface area contributed by atoms with Gasteiger partial charge in [0.2, 0.25) is 5.91 Å². The van der Waals surface area contributed by atoms with Crippen molar-refractivity contribution in [1.82, 2.24) is 5.32 Å². The second kappa shape index (κ2) is 8.40. The highest BCUT2D eigenvalue weighted by Crippen LogP contribution is 2.32. The highest BCUT2D eigenvalue weighted by molar-refractivity contribution is 6.34. The van der Waals surface area contributed by atoms with Crippen LogP contribution in [0.1, 0.15) is 23.4 Å². The second-order valence-corrected chi connectivity index (χ2v) is 5.82. The second-order valence-electron chi connectivity index (χ2n) is 5.42. The van der Waals surface area contributed by atoms with Gasteiger partial charge in [0, 0.05) is 27.1 Å². The van der Waals surface area contributed by atoms with Gasteiger partial charge in [0.1, 0.15) is 0 Å². The summed E-state index contributed by atoms with van der Waals surface area (Å²) in [5.41, 5.74) is 1.43. The Morgan fingerprint density at radius 1 is 1.21 bits per heavy atom. The summed E-state index contributed by atoms with van der Waals surface area (Å²) in [6.07, 6.45) is 2.25. The summed E-state index contributed by atoms with van der Waals surface area (Å²) >= 11 is 6.17. The fraction of sp³-hybridized carbons (Fsp3) is 0.294. The van der Waals surface area contributed by atoms with Gasteiger partial charge in [-0.15, -0.1) is 0 Å². The predicted molar refractivity (Wildman–Crippen MR) is 94.7 cm³/mol. The number of nitrogens with one attached hydrogen (secondary N) is 2. The Kier molecular flexibility index (Phi) is 6.26. The van der Waals surface area contributed by atoms with Crippen LogP contribution in [0.4, 0.5) is 11.4 Å². The summed E-state index contributed by atoms with van der Waals surface area (Å²) in [6.45, 7) is 0.392. The molecule has 0 unspecified atom stereocenters. The molecule has 2 N–H and O–H groups in total. The van der Waals surface area contributed by atoms with Crippen molar-refractivity contribution in [3.63, 3.8) is 0 Å². The SMILES string of the molecule is CN(C)c1c(Cl)cccc1NC(=O)CCCNC(=O)c1ccco1. The molecule has 0 aliphatic rings. The van der Waals surface area contributed by atoms with Gasteiger partial charge >= 0.3 is 0 Å². The zero-order chi connectivity index (χ0) is 17.5. The fourth-order valence-corrected chi connectivity index (χ4v) is 2.57. The molecule has 0 aliphatic carbocycles. The molecule has 128 valence electrons. The lowest BCUT2D eigenvalue weighted by molar-refractivity contribution is -0.116. The topological polar surface area (TPSA) is 74.6 Å². The molecule has 0 saturated heterocycles. The quantitative estimate of drug-likeness (QED) is 0.753. The van der Waals surface area contributed by atoms with E-state index in [1.807, 2.05) is 19.0 Å². The van der Waals surface area contributed by atoms with Crippen molar-refractivity contribution >= 4 is 34.8 Å². The van der Waals surface area contributed by atoms with Gasteiger partial charge in [-0.25, -0.2) is 0 Å². The number of amides is 2. The van der Waals surface area contributed by atoms with E-state index in [1.165, 1.54) is 6.26 Å². The first-order valence-electron chi connectivity index (χ1n) is 7.56. The van der Waals surface area contributed by atoms with Gasteiger partial charge in [-0.2, -0.15) is 0 Å². The molecule has 24 heavy (non-hydrogen) atoms. The molecule has 6 nitrogen and oxygen atoms in total. The molecule has 0 atom stereocenters. The van der Waals surface area contributed by atoms with E-state index in [0.717, 1.165) is 5.69 Å². The van der Waals surface area contributed by atoms with Gasteiger partial charge in [0.05, 0.1) is 22.7 Å². The average Bonchev–Trinajstić information content (AvgIpc) is 3.05. The third-order valence-electron chi connectivity index (χ3n) is 3.32. The number of nitrogens with zero attached hydrogens (tertiary/aromatic N) is 1. The standard InChI is InChI=1S/C17H20ClN3O3/c1-21(2)16-12(18)6-3-7-13(16)20-15(22)9-4-10-19-17(23)14-8-5-11-24-14/h3,5-8,11H,4,9-10H2,1-2H3,(H,19,23)(H,20,22). The van der Waals surface area contributed by atoms with E-state index < -0.39 is 0 Å². The third kappa shape index (κ3) is 4.76. The number of carbonyl (C=O) groups is 2. The number of hydrogen-bond acceptors (Lipinski definition) is 4. The molecule has 0 radical (unpaired) electrons. The minimum absolute atomic E-state index is 0.132. The van der Waals surface area contributed by atoms with Crippen LogP contribution in [0.25, 0.3) is 0 Å². The van der Waals surface area contributed by atoms with E-state index in [1.54, 1.807) is 30.3 Å². The Morgan fingerprint density at radius 3 is 2.67 bits per heavy atom. The highest BCUT2D eigenvalue weighted by Gasteiger charge is 2.12. The summed E-state index contributed by atoms with van der Waals surface area (Å²) in [5, 5.41) is 6.13. The minimum atomic E-state index is -0.287. The lowest BCUT2D eigenvalue weighted by atomic mass is 10.2. The van der Waals surface area contributed by atoms with Crippen LogP contribution in [0.15, 0.2) is 41.0 Å². The molecule has 2 aromatic rings. The van der Waals surface area contributed by atoms with Gasteiger partial charge in [-0.05, 0) is 30.7 Å². The summed E-state index contributed by atoms with van der Waals surface area (Å²) < 4.78 is 4.99. The predicted octanol–water partition coefficient (Wildman–Crippen LogP) is 3.15. The van der Waals surface area contributed by atoms with Crippen LogP contribution in [0.5, 0.6) is 0 Å². The monoisotopic (exact) mass is 349 g/mol. The van der Waals surface area contributed by atoms with E-state index in [2.05, 4.69) is 10.6 Å². The number of anilines is 2. The van der Waals surface area contributed by atoms with Crippen LogP contribution in [-0.2, 0) is 4.79 Å². The van der Waals surface area contributed by atoms with Gasteiger partial charge in [0.15, 0.2) is 5.76 Å². The normalized spacial score (nSPS) is 10.3. The number of benzene rings is 1. The molecule has 0 spiro atoms. The Balaban J connectivity index is 1.80. The molecule has 2 amide bonds. The molecular formula is C17H20ClN3O3. The summed E-state index contributed by atoms with van der Waals surface area (Å²) in [5.74, 6) is -0.160. The Morgan fingerprint density at radius 2 is 2.00 bits per heavy atom. The van der Waals surface area contributed by atoms with E-state index >= 15 is 0 Å². The smallest absolute Gasteiger partial charge is 0.286 e. The number of furan rings is 1. The maximum absolute atomic E-state index is 12.1. The van der Waals surface area contributed by atoms with Crippen molar-refractivity contribution in [1.29, 1.82) is 0 Å². The first kappa shape index (κ1) is 17.9. The molecule has 1 aromatic heterocycles. The van der Waals surface area contributed by atoms with Crippen LogP contribution in [-0.4, -0.2) is 32.5 Å². The number of carbonyl (C=O) groups excluding carboxylic acids is 2. The molecule has 0 aliphatic heterocycles. The Hall–Kier alpha value is -2.47. The van der Waals surface area contributed by atoms with E-state index in [-0.39, 0.29) is 24.0 Å². The molecule has 0 fully saturated rings.